The first-order valence-corrected chi connectivity index (χ1v) is 8.72. The minimum absolute atomic E-state index is 0.111. The number of carbonyl (C=O) groups excluding carboxylic acids is 1. The molecule has 6 heteroatoms. The highest BCUT2D eigenvalue weighted by Crippen LogP contribution is 2.27. The second-order valence-corrected chi connectivity index (χ2v) is 6.70. The summed E-state index contributed by atoms with van der Waals surface area (Å²) >= 11 is 1.63. The summed E-state index contributed by atoms with van der Waals surface area (Å²) in [6, 6.07) is 4.31. The molecular weight excluding hydrogens is 300 g/mol. The SMILES string of the molecule is Nc1ccc(C(=O)O)cc1NC(=O)CSCC1CCCCC1. The summed E-state index contributed by atoms with van der Waals surface area (Å²) in [5.41, 5.74) is 6.61. The third-order valence-corrected chi connectivity index (χ3v) is 5.06. The van der Waals surface area contributed by atoms with Crippen LogP contribution in [0.25, 0.3) is 0 Å². The van der Waals surface area contributed by atoms with Crippen LogP contribution in [0.1, 0.15) is 42.5 Å². The Kier molecular flexibility index (Phi) is 6.12. The number of thioether (sulfide) groups is 1. The first kappa shape index (κ1) is 16.7. The van der Waals surface area contributed by atoms with E-state index in [-0.39, 0.29) is 11.5 Å². The van der Waals surface area contributed by atoms with Crippen molar-refractivity contribution in [2.75, 3.05) is 22.6 Å². The van der Waals surface area contributed by atoms with Crippen molar-refractivity contribution in [2.24, 2.45) is 5.92 Å². The molecular formula is C16H22N2O3S. The molecule has 0 spiro atoms. The number of carboxylic acids is 1. The van der Waals surface area contributed by atoms with Gasteiger partial charge < -0.3 is 16.2 Å². The van der Waals surface area contributed by atoms with E-state index in [1.165, 1.54) is 50.3 Å². The van der Waals surface area contributed by atoms with Gasteiger partial charge in [-0.05, 0) is 42.7 Å². The Balaban J connectivity index is 1.81. The normalized spacial score (nSPS) is 15.5. The highest BCUT2D eigenvalue weighted by atomic mass is 32.2. The molecule has 0 aromatic heterocycles. The molecule has 4 N–H and O–H groups in total. The smallest absolute Gasteiger partial charge is 0.335 e. The molecule has 0 bridgehead atoms. The summed E-state index contributed by atoms with van der Waals surface area (Å²) in [4.78, 5) is 22.9. The predicted molar refractivity (Wildman–Crippen MR) is 90.3 cm³/mol. The van der Waals surface area contributed by atoms with Gasteiger partial charge in [0.2, 0.25) is 5.91 Å². The van der Waals surface area contributed by atoms with E-state index in [4.69, 9.17) is 10.8 Å². The number of rotatable bonds is 6. The van der Waals surface area contributed by atoms with Crippen molar-refractivity contribution in [2.45, 2.75) is 32.1 Å². The standard InChI is InChI=1S/C16H22N2O3S/c17-13-7-6-12(16(20)21)8-14(13)18-15(19)10-22-9-11-4-2-1-3-5-11/h6-8,11H,1-5,9-10,17H2,(H,18,19)(H,20,21). The number of benzene rings is 1. The van der Waals surface area contributed by atoms with E-state index >= 15 is 0 Å². The van der Waals surface area contributed by atoms with Crippen molar-refractivity contribution >= 4 is 35.0 Å². The molecule has 1 aromatic carbocycles. The minimum Gasteiger partial charge on any atom is -0.478 e. The van der Waals surface area contributed by atoms with Crippen molar-refractivity contribution in [3.63, 3.8) is 0 Å². The Hall–Kier alpha value is -1.69. The average Bonchev–Trinajstić information content (AvgIpc) is 2.50. The van der Waals surface area contributed by atoms with Crippen molar-refractivity contribution in [1.82, 2.24) is 0 Å². The van der Waals surface area contributed by atoms with Gasteiger partial charge >= 0.3 is 5.97 Å². The summed E-state index contributed by atoms with van der Waals surface area (Å²) in [6.45, 7) is 0. The van der Waals surface area contributed by atoms with Gasteiger partial charge in [-0.25, -0.2) is 4.79 Å². The van der Waals surface area contributed by atoms with Gasteiger partial charge in [-0.1, -0.05) is 19.3 Å². The Bertz CT molecular complexity index is 542. The first-order valence-electron chi connectivity index (χ1n) is 7.56. The summed E-state index contributed by atoms with van der Waals surface area (Å²) in [5.74, 6) is 0.926. The van der Waals surface area contributed by atoms with Gasteiger partial charge in [0.25, 0.3) is 0 Å². The lowest BCUT2D eigenvalue weighted by atomic mass is 9.91. The zero-order chi connectivity index (χ0) is 15.9. The second kappa shape index (κ2) is 8.08. The van der Waals surface area contributed by atoms with Crippen LogP contribution in [0.2, 0.25) is 0 Å². The van der Waals surface area contributed by atoms with Crippen LogP contribution in [-0.2, 0) is 4.79 Å². The molecule has 1 fully saturated rings. The molecule has 1 aliphatic rings. The largest absolute Gasteiger partial charge is 0.478 e. The number of anilines is 2. The molecule has 1 saturated carbocycles. The summed E-state index contributed by atoms with van der Waals surface area (Å²) in [6.07, 6.45) is 6.47. The van der Waals surface area contributed by atoms with E-state index in [0.29, 0.717) is 17.1 Å². The van der Waals surface area contributed by atoms with Gasteiger partial charge in [-0.2, -0.15) is 11.8 Å². The maximum absolute atomic E-state index is 12.0. The number of hydrogen-bond donors (Lipinski definition) is 3. The van der Waals surface area contributed by atoms with Gasteiger partial charge in [0.15, 0.2) is 0 Å². The fourth-order valence-corrected chi connectivity index (χ4v) is 3.70. The van der Waals surface area contributed by atoms with E-state index in [1.807, 2.05) is 0 Å². The highest BCUT2D eigenvalue weighted by molar-refractivity contribution is 7.99. The van der Waals surface area contributed by atoms with Crippen LogP contribution in [0.15, 0.2) is 18.2 Å². The van der Waals surface area contributed by atoms with Crippen LogP contribution in [0.3, 0.4) is 0 Å². The zero-order valence-electron chi connectivity index (χ0n) is 12.5. The monoisotopic (exact) mass is 322 g/mol. The number of amides is 1. The quantitative estimate of drug-likeness (QED) is 0.699. The number of hydrogen-bond acceptors (Lipinski definition) is 4. The van der Waals surface area contributed by atoms with Crippen LogP contribution in [-0.4, -0.2) is 28.5 Å². The number of aromatic carboxylic acids is 1. The van der Waals surface area contributed by atoms with E-state index in [2.05, 4.69) is 5.32 Å². The second-order valence-electron chi connectivity index (χ2n) is 5.67. The van der Waals surface area contributed by atoms with Gasteiger partial charge in [0.05, 0.1) is 22.7 Å². The molecule has 1 aromatic rings. The molecule has 2 rings (SSSR count). The van der Waals surface area contributed by atoms with Crippen molar-refractivity contribution < 1.29 is 14.7 Å². The van der Waals surface area contributed by atoms with Gasteiger partial charge in [-0.15, -0.1) is 0 Å². The van der Waals surface area contributed by atoms with E-state index in [9.17, 15) is 9.59 Å². The Morgan fingerprint density at radius 2 is 2.00 bits per heavy atom. The Labute approximate surface area is 134 Å². The number of nitrogens with two attached hydrogens (primary N) is 1. The van der Waals surface area contributed by atoms with Gasteiger partial charge in [-0.3, -0.25) is 4.79 Å². The van der Waals surface area contributed by atoms with Crippen molar-refractivity contribution in [1.29, 1.82) is 0 Å². The lowest BCUT2D eigenvalue weighted by Gasteiger charge is -2.20. The molecule has 0 unspecified atom stereocenters. The molecule has 0 atom stereocenters. The molecule has 22 heavy (non-hydrogen) atoms. The summed E-state index contributed by atoms with van der Waals surface area (Å²) in [7, 11) is 0. The fourth-order valence-electron chi connectivity index (χ4n) is 2.66. The molecule has 0 heterocycles. The molecule has 0 saturated heterocycles. The lowest BCUT2D eigenvalue weighted by molar-refractivity contribution is -0.113. The van der Waals surface area contributed by atoms with Crippen LogP contribution in [0.5, 0.6) is 0 Å². The van der Waals surface area contributed by atoms with Crippen molar-refractivity contribution in [3.8, 4) is 0 Å². The molecule has 1 amide bonds. The van der Waals surface area contributed by atoms with Crippen LogP contribution in [0.4, 0.5) is 11.4 Å². The predicted octanol–water partition coefficient (Wildman–Crippen LogP) is 3.22. The fraction of sp³-hybridized carbons (Fsp3) is 0.500. The van der Waals surface area contributed by atoms with Crippen molar-refractivity contribution in [3.05, 3.63) is 23.8 Å². The molecule has 120 valence electrons. The molecule has 1 aliphatic carbocycles. The number of carbonyl (C=O) groups is 2. The maximum Gasteiger partial charge on any atom is 0.335 e. The maximum atomic E-state index is 12.0. The van der Waals surface area contributed by atoms with E-state index < -0.39 is 5.97 Å². The molecule has 0 radical (unpaired) electrons. The zero-order valence-corrected chi connectivity index (χ0v) is 13.3. The Morgan fingerprint density at radius 1 is 1.27 bits per heavy atom. The lowest BCUT2D eigenvalue weighted by Crippen LogP contribution is -2.17. The Morgan fingerprint density at radius 3 is 2.68 bits per heavy atom. The third-order valence-electron chi connectivity index (χ3n) is 3.89. The van der Waals surface area contributed by atoms with Gasteiger partial charge in [0.1, 0.15) is 0 Å². The molecule has 5 nitrogen and oxygen atoms in total. The van der Waals surface area contributed by atoms with E-state index in [1.54, 1.807) is 11.8 Å². The van der Waals surface area contributed by atoms with E-state index in [0.717, 1.165) is 11.7 Å². The van der Waals surface area contributed by atoms with Gasteiger partial charge in [0, 0.05) is 0 Å². The number of nitrogen functional groups attached to an aromatic ring is 1. The highest BCUT2D eigenvalue weighted by Gasteiger charge is 2.14. The topological polar surface area (TPSA) is 92.4 Å². The van der Waals surface area contributed by atoms with Crippen LogP contribution >= 0.6 is 11.8 Å². The van der Waals surface area contributed by atoms with Crippen LogP contribution < -0.4 is 11.1 Å². The summed E-state index contributed by atoms with van der Waals surface area (Å²) in [5, 5.41) is 11.7. The first-order chi connectivity index (χ1) is 10.6. The summed E-state index contributed by atoms with van der Waals surface area (Å²) < 4.78 is 0. The average molecular weight is 322 g/mol. The number of carboxylic acid groups (broad SMARTS) is 1. The molecule has 0 aliphatic heterocycles. The minimum atomic E-state index is -1.04. The number of nitrogens with one attached hydrogen (secondary N) is 1. The van der Waals surface area contributed by atoms with Crippen LogP contribution in [0, 0.1) is 5.92 Å². The third kappa shape index (κ3) is 4.94.